The van der Waals surface area contributed by atoms with Gasteiger partial charge in [0.15, 0.2) is 0 Å². The number of aromatic nitrogens is 2. The second-order valence-corrected chi connectivity index (χ2v) is 5.32. The average Bonchev–Trinajstić information content (AvgIpc) is 2.71. The summed E-state index contributed by atoms with van der Waals surface area (Å²) in [6, 6.07) is 4.33. The Kier molecular flexibility index (Phi) is 4.85. The molecule has 0 saturated carbocycles. The molecule has 0 aliphatic heterocycles. The van der Waals surface area contributed by atoms with Crippen LogP contribution >= 0.6 is 11.6 Å². The number of hydrogen-bond donors (Lipinski definition) is 1. The lowest BCUT2D eigenvalue weighted by Crippen LogP contribution is -2.08. The summed E-state index contributed by atoms with van der Waals surface area (Å²) in [5, 5.41) is 4.91. The third kappa shape index (κ3) is 3.36. The van der Waals surface area contributed by atoms with E-state index in [-0.39, 0.29) is 18.5 Å². The van der Waals surface area contributed by atoms with Gasteiger partial charge in [-0.3, -0.25) is 4.68 Å². The predicted octanol–water partition coefficient (Wildman–Crippen LogP) is 3.37. The minimum Gasteiger partial charge on any atom is -0.487 e. The van der Waals surface area contributed by atoms with Crippen LogP contribution in [0.25, 0.3) is 0 Å². The quantitative estimate of drug-likeness (QED) is 0.921. The molecule has 1 unspecified atom stereocenters. The SMILES string of the molecule is CCc1nn(C)c(COc2ccc(C(C)N)c(F)c2)c1Cl. The minimum absolute atomic E-state index is 0.235. The van der Waals surface area contributed by atoms with E-state index in [9.17, 15) is 4.39 Å². The van der Waals surface area contributed by atoms with Gasteiger partial charge in [0, 0.05) is 24.7 Å². The Morgan fingerprint density at radius 3 is 2.71 bits per heavy atom. The second-order valence-electron chi connectivity index (χ2n) is 4.95. The molecule has 0 radical (unpaired) electrons. The van der Waals surface area contributed by atoms with Crippen molar-refractivity contribution in [1.82, 2.24) is 9.78 Å². The average molecular weight is 312 g/mol. The first-order valence-electron chi connectivity index (χ1n) is 6.82. The standard InChI is InChI=1S/C15H19ClFN3O/c1-4-13-15(16)14(20(3)19-13)8-21-10-5-6-11(9(2)18)12(17)7-10/h5-7,9H,4,8,18H2,1-3H3. The number of hydrogen-bond acceptors (Lipinski definition) is 3. The summed E-state index contributed by atoms with van der Waals surface area (Å²) < 4.78 is 21.1. The zero-order valence-corrected chi connectivity index (χ0v) is 13.1. The van der Waals surface area contributed by atoms with Gasteiger partial charge in [0.25, 0.3) is 0 Å². The van der Waals surface area contributed by atoms with Gasteiger partial charge in [-0.2, -0.15) is 5.10 Å². The summed E-state index contributed by atoms with van der Waals surface area (Å²) in [5.74, 6) is 0.0695. The molecule has 1 atom stereocenters. The van der Waals surface area contributed by atoms with Gasteiger partial charge in [0.2, 0.25) is 0 Å². The van der Waals surface area contributed by atoms with Crippen molar-refractivity contribution < 1.29 is 9.13 Å². The van der Waals surface area contributed by atoms with E-state index in [4.69, 9.17) is 22.1 Å². The van der Waals surface area contributed by atoms with Crippen molar-refractivity contribution in [2.45, 2.75) is 32.9 Å². The van der Waals surface area contributed by atoms with E-state index < -0.39 is 0 Å². The molecule has 2 rings (SSSR count). The maximum absolute atomic E-state index is 13.8. The molecule has 2 aromatic rings. The Labute approximate surface area is 128 Å². The first-order valence-corrected chi connectivity index (χ1v) is 7.19. The van der Waals surface area contributed by atoms with E-state index in [1.807, 2.05) is 14.0 Å². The number of nitrogens with zero attached hydrogens (tertiary/aromatic N) is 2. The first-order chi connectivity index (χ1) is 9.93. The Bertz CT molecular complexity index is 640. The molecule has 114 valence electrons. The largest absolute Gasteiger partial charge is 0.487 e. The Balaban J connectivity index is 2.13. The Morgan fingerprint density at radius 2 is 2.19 bits per heavy atom. The third-order valence-corrected chi connectivity index (χ3v) is 3.78. The molecule has 2 N–H and O–H groups in total. The van der Waals surface area contributed by atoms with Gasteiger partial charge in [0.05, 0.1) is 16.4 Å². The van der Waals surface area contributed by atoms with E-state index in [0.717, 1.165) is 17.8 Å². The molecule has 1 aromatic carbocycles. The van der Waals surface area contributed by atoms with Gasteiger partial charge in [-0.25, -0.2) is 4.39 Å². The van der Waals surface area contributed by atoms with Gasteiger partial charge < -0.3 is 10.5 Å². The number of halogens is 2. The fraction of sp³-hybridized carbons (Fsp3) is 0.400. The molecular weight excluding hydrogens is 293 g/mol. The van der Waals surface area contributed by atoms with Crippen LogP contribution in [-0.2, 0) is 20.1 Å². The van der Waals surface area contributed by atoms with Crippen LogP contribution in [0.4, 0.5) is 4.39 Å². The van der Waals surface area contributed by atoms with Crippen molar-refractivity contribution >= 4 is 11.6 Å². The number of aryl methyl sites for hydroxylation is 2. The zero-order valence-electron chi connectivity index (χ0n) is 12.4. The molecule has 0 spiro atoms. The molecule has 0 bridgehead atoms. The van der Waals surface area contributed by atoms with Crippen LogP contribution in [0.2, 0.25) is 5.02 Å². The van der Waals surface area contributed by atoms with Crippen molar-refractivity contribution in [3.63, 3.8) is 0 Å². The predicted molar refractivity (Wildman–Crippen MR) is 80.9 cm³/mol. The highest BCUT2D eigenvalue weighted by atomic mass is 35.5. The van der Waals surface area contributed by atoms with Gasteiger partial charge >= 0.3 is 0 Å². The summed E-state index contributed by atoms with van der Waals surface area (Å²) in [4.78, 5) is 0. The van der Waals surface area contributed by atoms with E-state index >= 15 is 0 Å². The van der Waals surface area contributed by atoms with E-state index in [2.05, 4.69) is 5.10 Å². The maximum atomic E-state index is 13.8. The number of ether oxygens (including phenoxy) is 1. The molecule has 1 heterocycles. The molecule has 0 saturated heterocycles. The lowest BCUT2D eigenvalue weighted by atomic mass is 10.1. The van der Waals surface area contributed by atoms with E-state index in [1.165, 1.54) is 6.07 Å². The van der Waals surface area contributed by atoms with Crippen LogP contribution in [-0.4, -0.2) is 9.78 Å². The van der Waals surface area contributed by atoms with Crippen LogP contribution < -0.4 is 10.5 Å². The lowest BCUT2D eigenvalue weighted by Gasteiger charge is -2.11. The van der Waals surface area contributed by atoms with Crippen molar-refractivity contribution in [2.75, 3.05) is 0 Å². The van der Waals surface area contributed by atoms with Gasteiger partial charge in [-0.15, -0.1) is 0 Å². The van der Waals surface area contributed by atoms with Crippen molar-refractivity contribution in [3.05, 3.63) is 46.0 Å². The van der Waals surface area contributed by atoms with Crippen molar-refractivity contribution in [1.29, 1.82) is 0 Å². The smallest absolute Gasteiger partial charge is 0.131 e. The topological polar surface area (TPSA) is 53.1 Å². The molecule has 6 heteroatoms. The molecule has 4 nitrogen and oxygen atoms in total. The molecule has 0 fully saturated rings. The monoisotopic (exact) mass is 311 g/mol. The van der Waals surface area contributed by atoms with Crippen LogP contribution in [0.3, 0.4) is 0 Å². The molecular formula is C15H19ClFN3O. The van der Waals surface area contributed by atoms with Crippen molar-refractivity contribution in [3.8, 4) is 5.75 Å². The Morgan fingerprint density at radius 1 is 1.48 bits per heavy atom. The van der Waals surface area contributed by atoms with Gasteiger partial charge in [0.1, 0.15) is 18.2 Å². The van der Waals surface area contributed by atoms with E-state index in [1.54, 1.807) is 23.7 Å². The summed E-state index contributed by atoms with van der Waals surface area (Å²) >= 11 is 6.24. The summed E-state index contributed by atoms with van der Waals surface area (Å²) in [5.41, 5.74) is 7.74. The van der Waals surface area contributed by atoms with Crippen LogP contribution in [0.5, 0.6) is 5.75 Å². The fourth-order valence-electron chi connectivity index (χ4n) is 2.10. The maximum Gasteiger partial charge on any atom is 0.131 e. The molecule has 21 heavy (non-hydrogen) atoms. The molecule has 1 aromatic heterocycles. The fourth-order valence-corrected chi connectivity index (χ4v) is 2.44. The lowest BCUT2D eigenvalue weighted by molar-refractivity contribution is 0.293. The van der Waals surface area contributed by atoms with Crippen LogP contribution in [0.15, 0.2) is 18.2 Å². The first kappa shape index (κ1) is 15.8. The zero-order chi connectivity index (χ0) is 15.6. The normalized spacial score (nSPS) is 12.5. The molecule has 0 aliphatic rings. The third-order valence-electron chi connectivity index (χ3n) is 3.34. The number of benzene rings is 1. The van der Waals surface area contributed by atoms with Crippen LogP contribution in [0, 0.1) is 5.82 Å². The molecule has 0 aliphatic carbocycles. The molecule has 0 amide bonds. The summed E-state index contributed by atoms with van der Waals surface area (Å²) in [6.45, 7) is 3.96. The summed E-state index contributed by atoms with van der Waals surface area (Å²) in [7, 11) is 1.81. The van der Waals surface area contributed by atoms with E-state index in [0.29, 0.717) is 16.3 Å². The highest BCUT2D eigenvalue weighted by Crippen LogP contribution is 2.24. The van der Waals surface area contributed by atoms with Crippen molar-refractivity contribution in [2.24, 2.45) is 12.8 Å². The second kappa shape index (κ2) is 6.45. The highest BCUT2D eigenvalue weighted by Gasteiger charge is 2.14. The summed E-state index contributed by atoms with van der Waals surface area (Å²) in [6.07, 6.45) is 0.754. The number of nitrogens with two attached hydrogens (primary N) is 1. The number of rotatable bonds is 5. The Hall–Kier alpha value is -1.59. The van der Waals surface area contributed by atoms with Gasteiger partial charge in [-0.05, 0) is 19.4 Å². The van der Waals surface area contributed by atoms with Crippen LogP contribution in [0.1, 0.15) is 36.8 Å². The van der Waals surface area contributed by atoms with Gasteiger partial charge in [-0.1, -0.05) is 24.6 Å². The minimum atomic E-state index is -0.368. The highest BCUT2D eigenvalue weighted by molar-refractivity contribution is 6.31.